The van der Waals surface area contributed by atoms with Gasteiger partial charge in [0.05, 0.1) is 47.8 Å². The smallest absolute Gasteiger partial charge is 0.251 e. The molecule has 1 N–H and O–H groups in total. The van der Waals surface area contributed by atoms with Crippen molar-refractivity contribution < 1.29 is 28.5 Å². The van der Waals surface area contributed by atoms with Crippen LogP contribution in [0.5, 0.6) is 28.7 Å². The van der Waals surface area contributed by atoms with Crippen LogP contribution in [0.3, 0.4) is 0 Å². The minimum Gasteiger partial charge on any atom is -0.493 e. The molecule has 30 heavy (non-hydrogen) atoms. The maximum atomic E-state index is 12.8. The van der Waals surface area contributed by atoms with Crippen molar-refractivity contribution in [1.82, 2.24) is 5.32 Å². The first-order valence-electron chi connectivity index (χ1n) is 9.43. The average Bonchev–Trinajstić information content (AvgIpc) is 2.80. The lowest BCUT2D eigenvalue weighted by Crippen LogP contribution is -2.32. The molecule has 0 saturated heterocycles. The third kappa shape index (κ3) is 4.12. The SMILES string of the molecule is COc1cc2c(cc1OC)C(CNC(=O)c1cc(OC)c(OC)c(OC)c1)=NCC2. The summed E-state index contributed by atoms with van der Waals surface area (Å²) in [5.41, 5.74) is 3.25. The largest absolute Gasteiger partial charge is 0.493 e. The quantitative estimate of drug-likeness (QED) is 0.714. The molecule has 0 saturated carbocycles. The summed E-state index contributed by atoms with van der Waals surface area (Å²) in [4.78, 5) is 17.4. The molecule has 8 nitrogen and oxygen atoms in total. The van der Waals surface area contributed by atoms with E-state index in [2.05, 4.69) is 10.3 Å². The average molecular weight is 414 g/mol. The van der Waals surface area contributed by atoms with E-state index in [0.717, 1.165) is 23.3 Å². The molecule has 0 spiro atoms. The highest BCUT2D eigenvalue weighted by molar-refractivity contribution is 6.07. The van der Waals surface area contributed by atoms with Crippen molar-refractivity contribution in [3.63, 3.8) is 0 Å². The fourth-order valence-corrected chi connectivity index (χ4v) is 3.42. The Labute approximate surface area is 175 Å². The van der Waals surface area contributed by atoms with Crippen LogP contribution < -0.4 is 29.0 Å². The molecule has 2 aromatic carbocycles. The van der Waals surface area contributed by atoms with Gasteiger partial charge in [-0.25, -0.2) is 0 Å². The summed E-state index contributed by atoms with van der Waals surface area (Å²) in [5, 5.41) is 2.92. The highest BCUT2D eigenvalue weighted by atomic mass is 16.5. The van der Waals surface area contributed by atoms with E-state index in [1.54, 1.807) is 26.4 Å². The second-order valence-corrected chi connectivity index (χ2v) is 6.54. The number of rotatable bonds is 8. The molecule has 0 aromatic heterocycles. The Kier molecular flexibility index (Phi) is 6.66. The molecule has 1 heterocycles. The van der Waals surface area contributed by atoms with E-state index < -0.39 is 0 Å². The number of methoxy groups -OCH3 is 5. The fourth-order valence-electron chi connectivity index (χ4n) is 3.42. The van der Waals surface area contributed by atoms with Gasteiger partial charge in [0.2, 0.25) is 5.75 Å². The van der Waals surface area contributed by atoms with Gasteiger partial charge in [0.25, 0.3) is 5.91 Å². The molecule has 0 bridgehead atoms. The lowest BCUT2D eigenvalue weighted by molar-refractivity contribution is 0.0958. The Morgan fingerprint density at radius 1 is 0.867 bits per heavy atom. The zero-order valence-electron chi connectivity index (χ0n) is 17.8. The number of carbonyl (C=O) groups excluding carboxylic acids is 1. The van der Waals surface area contributed by atoms with Gasteiger partial charge in [0, 0.05) is 17.7 Å². The molecule has 2 aromatic rings. The summed E-state index contributed by atoms with van der Waals surface area (Å²) in [5.74, 6) is 2.30. The molecular weight excluding hydrogens is 388 g/mol. The van der Waals surface area contributed by atoms with Crippen molar-refractivity contribution in [2.45, 2.75) is 6.42 Å². The molecule has 1 amide bonds. The molecule has 3 rings (SSSR count). The number of fused-ring (bicyclic) bond motifs is 1. The third-order valence-corrected chi connectivity index (χ3v) is 4.95. The van der Waals surface area contributed by atoms with E-state index in [0.29, 0.717) is 40.9 Å². The van der Waals surface area contributed by atoms with Crippen LogP contribution in [0.25, 0.3) is 0 Å². The number of hydrogen-bond donors (Lipinski definition) is 1. The van der Waals surface area contributed by atoms with Crippen LogP contribution in [0.1, 0.15) is 21.5 Å². The van der Waals surface area contributed by atoms with Crippen LogP contribution in [0.2, 0.25) is 0 Å². The predicted octanol–water partition coefficient (Wildman–Crippen LogP) is 2.50. The second kappa shape index (κ2) is 9.39. The molecule has 1 aliphatic rings. The molecule has 0 radical (unpaired) electrons. The van der Waals surface area contributed by atoms with E-state index in [1.165, 1.54) is 21.3 Å². The lowest BCUT2D eigenvalue weighted by atomic mass is 9.96. The van der Waals surface area contributed by atoms with Crippen LogP contribution in [-0.2, 0) is 6.42 Å². The normalized spacial score (nSPS) is 12.4. The molecule has 0 atom stereocenters. The summed E-state index contributed by atoms with van der Waals surface area (Å²) in [6.07, 6.45) is 0.806. The van der Waals surface area contributed by atoms with E-state index in [-0.39, 0.29) is 12.5 Å². The van der Waals surface area contributed by atoms with Gasteiger partial charge in [-0.15, -0.1) is 0 Å². The first-order chi connectivity index (χ1) is 14.6. The van der Waals surface area contributed by atoms with Gasteiger partial charge in [-0.2, -0.15) is 0 Å². The van der Waals surface area contributed by atoms with Gasteiger partial charge in [-0.05, 0) is 36.2 Å². The van der Waals surface area contributed by atoms with Crippen molar-refractivity contribution in [1.29, 1.82) is 0 Å². The Morgan fingerprint density at radius 2 is 1.47 bits per heavy atom. The summed E-state index contributed by atoms with van der Waals surface area (Å²) in [6, 6.07) is 7.09. The first kappa shape index (κ1) is 21.3. The Morgan fingerprint density at radius 3 is 2.03 bits per heavy atom. The molecule has 160 valence electrons. The van der Waals surface area contributed by atoms with Crippen molar-refractivity contribution in [2.75, 3.05) is 48.6 Å². The van der Waals surface area contributed by atoms with Crippen LogP contribution >= 0.6 is 0 Å². The fraction of sp³-hybridized carbons (Fsp3) is 0.364. The summed E-state index contributed by atoms with van der Waals surface area (Å²) >= 11 is 0. The molecule has 0 fully saturated rings. The first-order valence-corrected chi connectivity index (χ1v) is 9.43. The summed E-state index contributed by atoms with van der Waals surface area (Å²) < 4.78 is 26.8. The Bertz CT molecular complexity index is 945. The zero-order chi connectivity index (χ0) is 21.7. The number of ether oxygens (including phenoxy) is 5. The highest BCUT2D eigenvalue weighted by Crippen LogP contribution is 2.38. The molecule has 1 aliphatic heterocycles. The number of nitrogens with one attached hydrogen (secondary N) is 1. The van der Waals surface area contributed by atoms with Crippen molar-refractivity contribution in [2.24, 2.45) is 4.99 Å². The van der Waals surface area contributed by atoms with Gasteiger partial charge in [-0.3, -0.25) is 9.79 Å². The zero-order valence-corrected chi connectivity index (χ0v) is 17.8. The van der Waals surface area contributed by atoms with Crippen LogP contribution in [-0.4, -0.2) is 60.3 Å². The van der Waals surface area contributed by atoms with Crippen molar-refractivity contribution in [3.8, 4) is 28.7 Å². The van der Waals surface area contributed by atoms with Crippen LogP contribution in [0.4, 0.5) is 0 Å². The monoisotopic (exact) mass is 414 g/mol. The van der Waals surface area contributed by atoms with E-state index in [9.17, 15) is 4.79 Å². The maximum Gasteiger partial charge on any atom is 0.251 e. The van der Waals surface area contributed by atoms with Gasteiger partial charge >= 0.3 is 0 Å². The number of aliphatic imine (C=N–C) groups is 1. The topological polar surface area (TPSA) is 87.6 Å². The number of hydrogen-bond acceptors (Lipinski definition) is 7. The predicted molar refractivity (Wildman–Crippen MR) is 113 cm³/mol. The van der Waals surface area contributed by atoms with Gasteiger partial charge in [-0.1, -0.05) is 0 Å². The lowest BCUT2D eigenvalue weighted by Gasteiger charge is -2.20. The summed E-state index contributed by atoms with van der Waals surface area (Å²) in [7, 11) is 7.74. The van der Waals surface area contributed by atoms with E-state index in [4.69, 9.17) is 23.7 Å². The third-order valence-electron chi connectivity index (χ3n) is 4.95. The molecule has 0 unspecified atom stereocenters. The number of nitrogens with zero attached hydrogens (tertiary/aromatic N) is 1. The maximum absolute atomic E-state index is 12.8. The van der Waals surface area contributed by atoms with Crippen LogP contribution in [0, 0.1) is 0 Å². The van der Waals surface area contributed by atoms with E-state index >= 15 is 0 Å². The van der Waals surface area contributed by atoms with Crippen LogP contribution in [0.15, 0.2) is 29.3 Å². The molecule has 8 heteroatoms. The minimum absolute atomic E-state index is 0.274. The number of benzene rings is 2. The summed E-state index contributed by atoms with van der Waals surface area (Å²) in [6.45, 7) is 0.926. The van der Waals surface area contributed by atoms with Crippen molar-refractivity contribution >= 4 is 11.6 Å². The Balaban J connectivity index is 1.82. The van der Waals surface area contributed by atoms with E-state index in [1.807, 2.05) is 12.1 Å². The Hall–Kier alpha value is -3.42. The second-order valence-electron chi connectivity index (χ2n) is 6.54. The van der Waals surface area contributed by atoms with Gasteiger partial charge in [0.1, 0.15) is 0 Å². The van der Waals surface area contributed by atoms with Crippen molar-refractivity contribution in [3.05, 3.63) is 41.0 Å². The highest BCUT2D eigenvalue weighted by Gasteiger charge is 2.21. The standard InChI is InChI=1S/C22H26N2O6/c1-26-17-8-13-6-7-23-16(15(13)11-18(17)27-2)12-24-22(25)14-9-19(28-3)21(30-5)20(10-14)29-4/h8-11H,6-7,12H2,1-5H3,(H,24,25). The molecule has 0 aliphatic carbocycles. The van der Waals surface area contributed by atoms with Gasteiger partial charge < -0.3 is 29.0 Å². The number of carbonyl (C=O) groups is 1. The van der Waals surface area contributed by atoms with Gasteiger partial charge in [0.15, 0.2) is 23.0 Å². The minimum atomic E-state index is -0.274. The molecular formula is C22H26N2O6. The number of amides is 1.